The van der Waals surface area contributed by atoms with Crippen molar-refractivity contribution in [2.75, 3.05) is 0 Å². The van der Waals surface area contributed by atoms with Gasteiger partial charge in [0.25, 0.3) is 0 Å². The zero-order valence-electron chi connectivity index (χ0n) is 10.8. The van der Waals surface area contributed by atoms with Gasteiger partial charge in [0, 0.05) is 9.86 Å². The minimum absolute atomic E-state index is 0.0384. The molecule has 0 aliphatic heterocycles. The van der Waals surface area contributed by atoms with E-state index in [9.17, 15) is 0 Å². The third-order valence-corrected chi connectivity index (χ3v) is 3.87. The lowest BCUT2D eigenvalue weighted by Crippen LogP contribution is -2.29. The van der Waals surface area contributed by atoms with Crippen LogP contribution in [0.3, 0.4) is 0 Å². The third-order valence-electron chi connectivity index (χ3n) is 3.34. The fourth-order valence-electron chi connectivity index (χ4n) is 2.27. The minimum Gasteiger partial charge on any atom is -0.459 e. The normalized spacial score (nSPS) is 12.7. The summed E-state index contributed by atoms with van der Waals surface area (Å²) < 4.78 is 6.94. The van der Waals surface area contributed by atoms with E-state index in [4.69, 9.17) is 10.3 Å². The van der Waals surface area contributed by atoms with Crippen LogP contribution in [0.1, 0.15) is 17.4 Å². The fraction of sp³-hybridized carbons (Fsp3) is 0.125. The van der Waals surface area contributed by atoms with Crippen molar-refractivity contribution >= 4 is 26.9 Å². The molecule has 0 fully saturated rings. The molecule has 0 bridgehead atoms. The van der Waals surface area contributed by atoms with Gasteiger partial charge in [0.15, 0.2) is 0 Å². The Morgan fingerprint density at radius 1 is 1.10 bits per heavy atom. The lowest BCUT2D eigenvalue weighted by atomic mass is 10.0. The summed E-state index contributed by atoms with van der Waals surface area (Å²) in [6.07, 6.45) is 0.781. The van der Waals surface area contributed by atoms with Crippen LogP contribution in [0.2, 0.25) is 0 Å². The molecule has 1 heterocycles. The lowest BCUT2D eigenvalue weighted by molar-refractivity contribution is 0.434. The maximum Gasteiger partial charge on any atom is 0.134 e. The zero-order chi connectivity index (χ0) is 13.9. The number of fused-ring (bicyclic) bond motifs is 1. The standard InChI is InChI=1S/C16H15BrN2O/c17-13-7-5-11(6-8-13)9-14(19-18)16-10-12-3-1-2-4-15(12)20-16/h1-8,10,14,19H,9,18H2. The molecule has 0 saturated carbocycles. The molecule has 0 amide bonds. The Kier molecular flexibility index (Phi) is 3.87. The van der Waals surface area contributed by atoms with E-state index in [2.05, 4.69) is 33.5 Å². The van der Waals surface area contributed by atoms with Gasteiger partial charge in [-0.2, -0.15) is 0 Å². The SMILES string of the molecule is NNC(Cc1ccc(Br)cc1)c1cc2ccccc2o1. The Morgan fingerprint density at radius 3 is 2.55 bits per heavy atom. The molecule has 0 aliphatic carbocycles. The Morgan fingerprint density at radius 2 is 1.85 bits per heavy atom. The summed E-state index contributed by atoms with van der Waals surface area (Å²) in [5.41, 5.74) is 4.93. The summed E-state index contributed by atoms with van der Waals surface area (Å²) in [7, 11) is 0. The Labute approximate surface area is 125 Å². The topological polar surface area (TPSA) is 51.2 Å². The molecular formula is C16H15BrN2O. The van der Waals surface area contributed by atoms with Crippen molar-refractivity contribution in [2.24, 2.45) is 5.84 Å². The molecule has 1 unspecified atom stereocenters. The molecule has 3 nitrogen and oxygen atoms in total. The Balaban J connectivity index is 1.87. The predicted octanol–water partition coefficient (Wildman–Crippen LogP) is 3.94. The van der Waals surface area contributed by atoms with Gasteiger partial charge in [0.05, 0.1) is 6.04 Å². The number of nitrogens with two attached hydrogens (primary N) is 1. The number of hydrogen-bond acceptors (Lipinski definition) is 3. The van der Waals surface area contributed by atoms with Gasteiger partial charge in [-0.1, -0.05) is 46.3 Å². The smallest absolute Gasteiger partial charge is 0.134 e. The van der Waals surface area contributed by atoms with Crippen LogP contribution < -0.4 is 11.3 Å². The average molecular weight is 331 g/mol. The summed E-state index contributed by atoms with van der Waals surface area (Å²) >= 11 is 3.44. The lowest BCUT2D eigenvalue weighted by Gasteiger charge is -2.13. The minimum atomic E-state index is -0.0384. The summed E-state index contributed by atoms with van der Waals surface area (Å²) in [6, 6.07) is 18.2. The number of hydrazine groups is 1. The number of para-hydroxylation sites is 1. The maximum absolute atomic E-state index is 5.87. The van der Waals surface area contributed by atoms with E-state index in [0.29, 0.717) is 0 Å². The first kappa shape index (κ1) is 13.4. The first-order valence-corrected chi connectivity index (χ1v) is 7.24. The molecule has 2 aromatic carbocycles. The van der Waals surface area contributed by atoms with E-state index in [1.165, 1.54) is 5.56 Å². The van der Waals surface area contributed by atoms with Gasteiger partial charge in [-0.15, -0.1) is 0 Å². The van der Waals surface area contributed by atoms with Crippen LogP contribution in [0.4, 0.5) is 0 Å². The van der Waals surface area contributed by atoms with E-state index >= 15 is 0 Å². The van der Waals surface area contributed by atoms with E-state index in [-0.39, 0.29) is 6.04 Å². The van der Waals surface area contributed by atoms with Crippen LogP contribution in [0.5, 0.6) is 0 Å². The van der Waals surface area contributed by atoms with Crippen molar-refractivity contribution in [1.82, 2.24) is 5.43 Å². The highest BCUT2D eigenvalue weighted by atomic mass is 79.9. The molecule has 1 atom stereocenters. The van der Waals surface area contributed by atoms with E-state index in [0.717, 1.165) is 27.6 Å². The van der Waals surface area contributed by atoms with Crippen molar-refractivity contribution in [3.8, 4) is 0 Å². The van der Waals surface area contributed by atoms with Crippen LogP contribution in [0.25, 0.3) is 11.0 Å². The van der Waals surface area contributed by atoms with Gasteiger partial charge in [0.1, 0.15) is 11.3 Å². The van der Waals surface area contributed by atoms with E-state index < -0.39 is 0 Å². The number of nitrogens with one attached hydrogen (secondary N) is 1. The average Bonchev–Trinajstić information content (AvgIpc) is 2.90. The van der Waals surface area contributed by atoms with Crippen molar-refractivity contribution in [3.05, 3.63) is 70.4 Å². The number of benzene rings is 2. The summed E-state index contributed by atoms with van der Waals surface area (Å²) in [4.78, 5) is 0. The van der Waals surface area contributed by atoms with Gasteiger partial charge in [-0.25, -0.2) is 5.43 Å². The molecule has 0 saturated heterocycles. The molecule has 20 heavy (non-hydrogen) atoms. The van der Waals surface area contributed by atoms with Gasteiger partial charge >= 0.3 is 0 Å². The van der Waals surface area contributed by atoms with E-state index in [1.54, 1.807) is 0 Å². The molecular weight excluding hydrogens is 316 g/mol. The number of halogens is 1. The van der Waals surface area contributed by atoms with Crippen LogP contribution in [-0.4, -0.2) is 0 Å². The Bertz CT molecular complexity index is 673. The largest absolute Gasteiger partial charge is 0.459 e. The van der Waals surface area contributed by atoms with Gasteiger partial charge < -0.3 is 4.42 Å². The molecule has 3 N–H and O–H groups in total. The van der Waals surface area contributed by atoms with Gasteiger partial charge in [0.2, 0.25) is 0 Å². The predicted molar refractivity (Wildman–Crippen MR) is 84.1 cm³/mol. The highest BCUT2D eigenvalue weighted by Crippen LogP contribution is 2.26. The monoisotopic (exact) mass is 330 g/mol. The summed E-state index contributed by atoms with van der Waals surface area (Å²) in [5, 5.41) is 1.10. The van der Waals surface area contributed by atoms with Crippen molar-refractivity contribution in [3.63, 3.8) is 0 Å². The van der Waals surface area contributed by atoms with Gasteiger partial charge in [-0.05, 0) is 36.2 Å². The number of hydrogen-bond donors (Lipinski definition) is 2. The summed E-state index contributed by atoms with van der Waals surface area (Å²) in [5.74, 6) is 6.54. The molecule has 0 radical (unpaired) electrons. The first-order valence-electron chi connectivity index (χ1n) is 6.45. The zero-order valence-corrected chi connectivity index (χ0v) is 12.4. The molecule has 3 aromatic rings. The van der Waals surface area contributed by atoms with Crippen LogP contribution >= 0.6 is 15.9 Å². The van der Waals surface area contributed by atoms with E-state index in [1.807, 2.05) is 42.5 Å². The first-order chi connectivity index (χ1) is 9.76. The molecule has 3 rings (SSSR count). The highest BCUT2D eigenvalue weighted by Gasteiger charge is 2.15. The molecule has 1 aromatic heterocycles. The van der Waals surface area contributed by atoms with Crippen LogP contribution in [0.15, 0.2) is 63.5 Å². The third kappa shape index (κ3) is 2.77. The molecule has 0 aliphatic rings. The highest BCUT2D eigenvalue weighted by molar-refractivity contribution is 9.10. The Hall–Kier alpha value is -1.62. The molecule has 0 spiro atoms. The number of furan rings is 1. The molecule has 102 valence electrons. The van der Waals surface area contributed by atoms with Crippen LogP contribution in [-0.2, 0) is 6.42 Å². The summed E-state index contributed by atoms with van der Waals surface area (Å²) in [6.45, 7) is 0. The number of rotatable bonds is 4. The second kappa shape index (κ2) is 5.79. The second-order valence-electron chi connectivity index (χ2n) is 4.74. The fourth-order valence-corrected chi connectivity index (χ4v) is 2.54. The second-order valence-corrected chi connectivity index (χ2v) is 5.65. The van der Waals surface area contributed by atoms with Crippen molar-refractivity contribution in [2.45, 2.75) is 12.5 Å². The maximum atomic E-state index is 5.87. The van der Waals surface area contributed by atoms with Crippen LogP contribution in [0, 0.1) is 0 Å². The van der Waals surface area contributed by atoms with Crippen molar-refractivity contribution < 1.29 is 4.42 Å². The quantitative estimate of drug-likeness (QED) is 0.562. The van der Waals surface area contributed by atoms with Crippen molar-refractivity contribution in [1.29, 1.82) is 0 Å². The molecule has 4 heteroatoms. The van der Waals surface area contributed by atoms with Gasteiger partial charge in [-0.3, -0.25) is 5.84 Å².